The molecule has 0 radical (unpaired) electrons. The van der Waals surface area contributed by atoms with E-state index in [1.165, 1.54) is 6.92 Å². The lowest BCUT2D eigenvalue weighted by molar-refractivity contribution is -0.114. The lowest BCUT2D eigenvalue weighted by Gasteiger charge is -2.31. The van der Waals surface area contributed by atoms with Crippen molar-refractivity contribution < 1.29 is 18.8 Å². The third-order valence-corrected chi connectivity index (χ3v) is 5.30. The first-order valence-corrected chi connectivity index (χ1v) is 10.2. The van der Waals surface area contributed by atoms with E-state index in [0.29, 0.717) is 36.1 Å². The first-order valence-electron chi connectivity index (χ1n) is 10.2. The molecule has 0 aliphatic carbocycles. The second-order valence-electron chi connectivity index (χ2n) is 7.53. The van der Waals surface area contributed by atoms with Gasteiger partial charge in [-0.2, -0.15) is 4.98 Å². The molecule has 3 aromatic rings. The molecular formula is C23H24N4O4. The molecule has 2 amide bonds. The van der Waals surface area contributed by atoms with Crippen LogP contribution in [0.15, 0.2) is 53.1 Å². The summed E-state index contributed by atoms with van der Waals surface area (Å²) in [7, 11) is 1.60. The lowest BCUT2D eigenvalue weighted by atomic mass is 9.97. The van der Waals surface area contributed by atoms with E-state index < -0.39 is 0 Å². The first kappa shape index (κ1) is 20.6. The van der Waals surface area contributed by atoms with E-state index in [1.54, 1.807) is 43.5 Å². The van der Waals surface area contributed by atoms with Crippen LogP contribution in [0.3, 0.4) is 0 Å². The molecule has 0 saturated carbocycles. The van der Waals surface area contributed by atoms with Gasteiger partial charge in [0, 0.05) is 36.8 Å². The van der Waals surface area contributed by atoms with Gasteiger partial charge in [-0.3, -0.25) is 9.59 Å². The fourth-order valence-electron chi connectivity index (χ4n) is 3.70. The van der Waals surface area contributed by atoms with Gasteiger partial charge in [0.15, 0.2) is 0 Å². The van der Waals surface area contributed by atoms with Crippen molar-refractivity contribution in [2.45, 2.75) is 25.7 Å². The molecular weight excluding hydrogens is 396 g/mol. The number of benzene rings is 2. The van der Waals surface area contributed by atoms with Gasteiger partial charge in [-0.1, -0.05) is 5.16 Å². The maximum absolute atomic E-state index is 12.9. The minimum atomic E-state index is -0.124. The average molecular weight is 420 g/mol. The van der Waals surface area contributed by atoms with Gasteiger partial charge < -0.3 is 19.5 Å². The van der Waals surface area contributed by atoms with Crippen LogP contribution >= 0.6 is 0 Å². The molecule has 1 aliphatic rings. The average Bonchev–Trinajstić information content (AvgIpc) is 3.29. The van der Waals surface area contributed by atoms with Crippen molar-refractivity contribution in [3.05, 3.63) is 60.0 Å². The molecule has 0 unspecified atom stereocenters. The summed E-state index contributed by atoms with van der Waals surface area (Å²) in [6.45, 7) is 2.70. The van der Waals surface area contributed by atoms with Gasteiger partial charge in [0.1, 0.15) is 5.75 Å². The van der Waals surface area contributed by atoms with E-state index in [9.17, 15) is 9.59 Å². The number of carbonyl (C=O) groups excluding carboxylic acids is 2. The van der Waals surface area contributed by atoms with Crippen molar-refractivity contribution in [1.82, 2.24) is 15.0 Å². The van der Waals surface area contributed by atoms with Crippen LogP contribution in [0.5, 0.6) is 5.75 Å². The fraction of sp³-hybridized carbons (Fsp3) is 0.304. The van der Waals surface area contributed by atoms with Gasteiger partial charge in [0.05, 0.1) is 13.0 Å². The molecule has 31 heavy (non-hydrogen) atoms. The molecule has 1 fully saturated rings. The number of ether oxygens (including phenoxy) is 1. The Bertz CT molecular complexity index is 1060. The van der Waals surface area contributed by atoms with Gasteiger partial charge in [-0.15, -0.1) is 0 Å². The monoisotopic (exact) mass is 420 g/mol. The van der Waals surface area contributed by atoms with Crippen molar-refractivity contribution in [3.63, 3.8) is 0 Å². The smallest absolute Gasteiger partial charge is 0.253 e. The second kappa shape index (κ2) is 8.99. The summed E-state index contributed by atoms with van der Waals surface area (Å²) in [5, 5.41) is 6.84. The highest BCUT2D eigenvalue weighted by atomic mass is 16.5. The van der Waals surface area contributed by atoms with E-state index in [-0.39, 0.29) is 17.7 Å². The van der Waals surface area contributed by atoms with Gasteiger partial charge in [-0.25, -0.2) is 0 Å². The number of methoxy groups -OCH3 is 1. The van der Waals surface area contributed by atoms with Crippen molar-refractivity contribution in [2.75, 3.05) is 25.5 Å². The van der Waals surface area contributed by atoms with E-state index >= 15 is 0 Å². The SMILES string of the molecule is COc1ccc(C(=O)N2CCC[C@@H](c3nc(-c4ccc(NC(C)=O)cc4)no3)C2)cc1. The summed E-state index contributed by atoms with van der Waals surface area (Å²) in [4.78, 5) is 30.5. The largest absolute Gasteiger partial charge is 0.497 e. The summed E-state index contributed by atoms with van der Waals surface area (Å²) in [5.74, 6) is 1.60. The zero-order chi connectivity index (χ0) is 21.8. The molecule has 160 valence electrons. The highest BCUT2D eigenvalue weighted by Crippen LogP contribution is 2.29. The zero-order valence-corrected chi connectivity index (χ0v) is 17.5. The standard InChI is InChI=1S/C23H24N4O4/c1-15(28)24-19-9-5-16(6-10-19)21-25-22(31-26-21)18-4-3-13-27(14-18)23(29)17-7-11-20(30-2)12-8-17/h5-12,18H,3-4,13-14H2,1-2H3,(H,24,28)/t18-/m1/s1. The highest BCUT2D eigenvalue weighted by Gasteiger charge is 2.29. The van der Waals surface area contributed by atoms with Crippen LogP contribution in [0.1, 0.15) is 41.9 Å². The molecule has 1 N–H and O–H groups in total. The van der Waals surface area contributed by atoms with Crippen LogP contribution in [-0.2, 0) is 4.79 Å². The van der Waals surface area contributed by atoms with Crippen LogP contribution in [0.25, 0.3) is 11.4 Å². The number of hydrogen-bond acceptors (Lipinski definition) is 6. The number of nitrogens with zero attached hydrogens (tertiary/aromatic N) is 3. The quantitative estimate of drug-likeness (QED) is 0.676. The van der Waals surface area contributed by atoms with Crippen molar-refractivity contribution in [2.24, 2.45) is 0 Å². The Morgan fingerprint density at radius 3 is 2.55 bits per heavy atom. The Morgan fingerprint density at radius 2 is 1.87 bits per heavy atom. The minimum Gasteiger partial charge on any atom is -0.497 e. The maximum atomic E-state index is 12.9. The van der Waals surface area contributed by atoms with E-state index in [2.05, 4.69) is 15.5 Å². The number of hydrogen-bond donors (Lipinski definition) is 1. The van der Waals surface area contributed by atoms with Crippen LogP contribution in [-0.4, -0.2) is 47.1 Å². The molecule has 2 heterocycles. The van der Waals surface area contributed by atoms with Crippen LogP contribution in [0, 0.1) is 0 Å². The van der Waals surface area contributed by atoms with Gasteiger partial charge in [-0.05, 0) is 61.4 Å². The number of aromatic nitrogens is 2. The number of anilines is 1. The molecule has 1 aromatic heterocycles. The predicted octanol–water partition coefficient (Wildman–Crippen LogP) is 3.72. The van der Waals surface area contributed by atoms with Gasteiger partial charge in [0.2, 0.25) is 17.6 Å². The van der Waals surface area contributed by atoms with Gasteiger partial charge in [0.25, 0.3) is 5.91 Å². The Hall–Kier alpha value is -3.68. The number of rotatable bonds is 5. The summed E-state index contributed by atoms with van der Waals surface area (Å²) < 4.78 is 10.7. The third kappa shape index (κ3) is 4.74. The number of likely N-dealkylation sites (tertiary alicyclic amines) is 1. The van der Waals surface area contributed by atoms with Gasteiger partial charge >= 0.3 is 0 Å². The minimum absolute atomic E-state index is 0.00384. The second-order valence-corrected chi connectivity index (χ2v) is 7.53. The van der Waals surface area contributed by atoms with Crippen LogP contribution < -0.4 is 10.1 Å². The molecule has 0 bridgehead atoms. The molecule has 4 rings (SSSR count). The first-order chi connectivity index (χ1) is 15.0. The third-order valence-electron chi connectivity index (χ3n) is 5.30. The van der Waals surface area contributed by atoms with Crippen molar-refractivity contribution in [3.8, 4) is 17.1 Å². The Labute approximate surface area is 180 Å². The summed E-state index contributed by atoms with van der Waals surface area (Å²) in [5.41, 5.74) is 2.14. The highest BCUT2D eigenvalue weighted by molar-refractivity contribution is 5.94. The van der Waals surface area contributed by atoms with Crippen LogP contribution in [0.2, 0.25) is 0 Å². The topological polar surface area (TPSA) is 97.6 Å². The lowest BCUT2D eigenvalue weighted by Crippen LogP contribution is -2.39. The number of nitrogens with one attached hydrogen (secondary N) is 1. The van der Waals surface area contributed by atoms with Crippen molar-refractivity contribution in [1.29, 1.82) is 0 Å². The normalized spacial score (nSPS) is 16.1. The molecule has 8 heteroatoms. The summed E-state index contributed by atoms with van der Waals surface area (Å²) in [6.07, 6.45) is 1.76. The number of piperidine rings is 1. The summed E-state index contributed by atoms with van der Waals surface area (Å²) in [6, 6.07) is 14.4. The fourth-order valence-corrected chi connectivity index (χ4v) is 3.70. The number of carbonyl (C=O) groups is 2. The molecule has 2 aromatic carbocycles. The van der Waals surface area contributed by atoms with Crippen LogP contribution in [0.4, 0.5) is 5.69 Å². The Morgan fingerprint density at radius 1 is 1.13 bits per heavy atom. The van der Waals surface area contributed by atoms with E-state index in [0.717, 1.165) is 24.2 Å². The van der Waals surface area contributed by atoms with E-state index in [4.69, 9.17) is 9.26 Å². The molecule has 1 atom stereocenters. The van der Waals surface area contributed by atoms with E-state index in [1.807, 2.05) is 17.0 Å². The zero-order valence-electron chi connectivity index (χ0n) is 17.5. The van der Waals surface area contributed by atoms with Crippen molar-refractivity contribution >= 4 is 17.5 Å². The molecule has 8 nitrogen and oxygen atoms in total. The molecule has 1 saturated heterocycles. The predicted molar refractivity (Wildman–Crippen MR) is 115 cm³/mol. The Kier molecular flexibility index (Phi) is 5.97. The molecule has 1 aliphatic heterocycles. The maximum Gasteiger partial charge on any atom is 0.253 e. The summed E-state index contributed by atoms with van der Waals surface area (Å²) >= 11 is 0. The number of amides is 2. The molecule has 0 spiro atoms. The Balaban J connectivity index is 1.44.